The van der Waals surface area contributed by atoms with Crippen LogP contribution in [0.1, 0.15) is 33.6 Å². The zero-order valence-corrected chi connectivity index (χ0v) is 15.5. The number of aliphatic carboxylic acids is 1. The molecule has 2 N–H and O–H groups in total. The van der Waals surface area contributed by atoms with E-state index in [1.165, 1.54) is 10.7 Å². The van der Waals surface area contributed by atoms with Gasteiger partial charge in [-0.05, 0) is 43.2 Å². The number of fused-ring (bicyclic) bond motifs is 1. The lowest BCUT2D eigenvalue weighted by molar-refractivity contribution is -0.143. The second-order valence-corrected chi connectivity index (χ2v) is 6.88. The second kappa shape index (κ2) is 7.70. The summed E-state index contributed by atoms with van der Waals surface area (Å²) >= 11 is 0. The van der Waals surface area contributed by atoms with E-state index in [4.69, 9.17) is 5.11 Å². The summed E-state index contributed by atoms with van der Waals surface area (Å²) in [6, 6.07) is 8.34. The Morgan fingerprint density at radius 2 is 1.83 bits per heavy atom. The number of carbonyl (C=O) groups is 3. The highest BCUT2D eigenvalue weighted by Gasteiger charge is 2.27. The second-order valence-electron chi connectivity index (χ2n) is 6.88. The van der Waals surface area contributed by atoms with Gasteiger partial charge in [0.2, 0.25) is 0 Å². The van der Waals surface area contributed by atoms with Crippen LogP contribution in [-0.2, 0) is 4.79 Å². The van der Waals surface area contributed by atoms with Gasteiger partial charge in [-0.3, -0.25) is 14.4 Å². The molecule has 2 aromatic heterocycles. The molecular formula is C20H19N5O4. The highest BCUT2D eigenvalue weighted by Crippen LogP contribution is 2.20. The molecule has 4 rings (SSSR count). The third kappa shape index (κ3) is 3.79. The van der Waals surface area contributed by atoms with Gasteiger partial charge in [-0.25, -0.2) is 9.50 Å². The minimum Gasteiger partial charge on any atom is -0.481 e. The van der Waals surface area contributed by atoms with Crippen LogP contribution in [0.4, 0.5) is 5.69 Å². The van der Waals surface area contributed by atoms with Crippen LogP contribution in [0.25, 0.3) is 5.65 Å². The van der Waals surface area contributed by atoms with E-state index in [0.29, 0.717) is 48.4 Å². The number of carboxylic acid groups (broad SMARTS) is 1. The fraction of sp³-hybridized carbons (Fsp3) is 0.250. The van der Waals surface area contributed by atoms with E-state index in [2.05, 4.69) is 15.4 Å². The molecule has 1 aliphatic heterocycles. The van der Waals surface area contributed by atoms with Crippen LogP contribution in [0, 0.1) is 5.92 Å². The Bertz CT molecular complexity index is 1070. The van der Waals surface area contributed by atoms with Gasteiger partial charge in [-0.15, -0.1) is 0 Å². The van der Waals surface area contributed by atoms with Crippen LogP contribution < -0.4 is 5.32 Å². The Hall–Kier alpha value is -3.75. The maximum atomic E-state index is 12.6. The molecule has 3 aromatic rings. The van der Waals surface area contributed by atoms with Gasteiger partial charge in [0.1, 0.15) is 5.56 Å². The molecule has 2 amide bonds. The Balaban J connectivity index is 1.41. The Morgan fingerprint density at radius 1 is 1.10 bits per heavy atom. The SMILES string of the molecule is O=C(Nc1ccc(C(=O)N2CCC(C(=O)O)CC2)cc1)c1cnn2cccnc12. The number of hydrogen-bond acceptors (Lipinski definition) is 5. The van der Waals surface area contributed by atoms with Crippen molar-refractivity contribution in [1.82, 2.24) is 19.5 Å². The summed E-state index contributed by atoms with van der Waals surface area (Å²) in [5.41, 5.74) is 1.86. The molecule has 0 bridgehead atoms. The van der Waals surface area contributed by atoms with Crippen molar-refractivity contribution in [3.63, 3.8) is 0 Å². The largest absolute Gasteiger partial charge is 0.481 e. The van der Waals surface area contributed by atoms with Crippen LogP contribution in [0.3, 0.4) is 0 Å². The molecule has 1 fully saturated rings. The van der Waals surface area contributed by atoms with Gasteiger partial charge in [0.05, 0.1) is 12.1 Å². The van der Waals surface area contributed by atoms with Gasteiger partial charge in [0.25, 0.3) is 11.8 Å². The quantitative estimate of drug-likeness (QED) is 0.699. The zero-order chi connectivity index (χ0) is 20.4. The molecule has 3 heterocycles. The number of nitrogens with zero attached hydrogens (tertiary/aromatic N) is 4. The van der Waals surface area contributed by atoms with Gasteiger partial charge in [0.15, 0.2) is 5.65 Å². The predicted molar refractivity (Wildman–Crippen MR) is 104 cm³/mol. The molecule has 148 valence electrons. The summed E-state index contributed by atoms with van der Waals surface area (Å²) in [7, 11) is 0. The summed E-state index contributed by atoms with van der Waals surface area (Å²) in [6.07, 6.45) is 5.67. The molecule has 29 heavy (non-hydrogen) atoms. The lowest BCUT2D eigenvalue weighted by Gasteiger charge is -2.30. The summed E-state index contributed by atoms with van der Waals surface area (Å²) in [6.45, 7) is 0.853. The molecule has 0 atom stereocenters. The number of carboxylic acids is 1. The molecule has 0 aliphatic carbocycles. The van der Waals surface area contributed by atoms with Crippen molar-refractivity contribution in [3.05, 3.63) is 60.0 Å². The first-order valence-electron chi connectivity index (χ1n) is 9.25. The van der Waals surface area contributed by atoms with E-state index in [-0.39, 0.29) is 17.7 Å². The molecule has 0 saturated carbocycles. The number of carbonyl (C=O) groups excluding carboxylic acids is 2. The van der Waals surface area contributed by atoms with Crippen molar-refractivity contribution in [2.75, 3.05) is 18.4 Å². The molecule has 0 unspecified atom stereocenters. The number of likely N-dealkylation sites (tertiary alicyclic amines) is 1. The average molecular weight is 393 g/mol. The maximum absolute atomic E-state index is 12.6. The molecule has 9 heteroatoms. The monoisotopic (exact) mass is 393 g/mol. The molecule has 0 spiro atoms. The van der Waals surface area contributed by atoms with Gasteiger partial charge in [0, 0.05) is 36.7 Å². The topological polar surface area (TPSA) is 117 Å². The third-order valence-electron chi connectivity index (χ3n) is 5.05. The average Bonchev–Trinajstić information content (AvgIpc) is 3.18. The zero-order valence-electron chi connectivity index (χ0n) is 15.5. The molecule has 1 saturated heterocycles. The highest BCUT2D eigenvalue weighted by molar-refractivity contribution is 6.08. The van der Waals surface area contributed by atoms with Crippen molar-refractivity contribution >= 4 is 29.1 Å². The van der Waals surface area contributed by atoms with Crippen molar-refractivity contribution < 1.29 is 19.5 Å². The van der Waals surface area contributed by atoms with Gasteiger partial charge in [-0.1, -0.05) is 0 Å². The number of benzene rings is 1. The normalized spacial score (nSPS) is 14.7. The molecule has 1 aliphatic rings. The summed E-state index contributed by atoms with van der Waals surface area (Å²) in [5.74, 6) is -1.67. The number of aromatic nitrogens is 3. The van der Waals surface area contributed by atoms with Crippen molar-refractivity contribution in [3.8, 4) is 0 Å². The van der Waals surface area contributed by atoms with E-state index in [1.807, 2.05) is 0 Å². The maximum Gasteiger partial charge on any atom is 0.306 e. The fourth-order valence-corrected chi connectivity index (χ4v) is 3.39. The van der Waals surface area contributed by atoms with Gasteiger partial charge >= 0.3 is 5.97 Å². The van der Waals surface area contributed by atoms with Crippen molar-refractivity contribution in [1.29, 1.82) is 0 Å². The highest BCUT2D eigenvalue weighted by atomic mass is 16.4. The number of anilines is 1. The standard InChI is InChI=1S/C20H19N5O4/c26-18(16-12-22-25-9-1-8-21-17(16)25)23-15-4-2-13(3-5-15)19(27)24-10-6-14(7-11-24)20(28)29/h1-5,8-9,12,14H,6-7,10-11H2,(H,23,26)(H,28,29). The van der Waals surface area contributed by atoms with Crippen molar-refractivity contribution in [2.45, 2.75) is 12.8 Å². The molecule has 1 aromatic carbocycles. The molecular weight excluding hydrogens is 374 g/mol. The van der Waals surface area contributed by atoms with Crippen LogP contribution in [0.2, 0.25) is 0 Å². The Labute approximate surface area is 166 Å². The van der Waals surface area contributed by atoms with E-state index >= 15 is 0 Å². The summed E-state index contributed by atoms with van der Waals surface area (Å²) < 4.78 is 1.52. The Kier molecular flexibility index (Phi) is 4.94. The lowest BCUT2D eigenvalue weighted by atomic mass is 9.96. The molecule has 9 nitrogen and oxygen atoms in total. The van der Waals surface area contributed by atoms with Gasteiger partial charge < -0.3 is 15.3 Å². The van der Waals surface area contributed by atoms with E-state index < -0.39 is 5.97 Å². The number of amides is 2. The fourth-order valence-electron chi connectivity index (χ4n) is 3.39. The minimum atomic E-state index is -0.807. The van der Waals surface area contributed by atoms with Crippen LogP contribution in [0.5, 0.6) is 0 Å². The first kappa shape index (κ1) is 18.6. The summed E-state index contributed by atoms with van der Waals surface area (Å²) in [4.78, 5) is 42.0. The Morgan fingerprint density at radius 3 is 2.52 bits per heavy atom. The smallest absolute Gasteiger partial charge is 0.306 e. The first-order valence-corrected chi connectivity index (χ1v) is 9.25. The first-order chi connectivity index (χ1) is 14.0. The van der Waals surface area contributed by atoms with E-state index in [1.54, 1.807) is 47.6 Å². The molecule has 0 radical (unpaired) electrons. The summed E-state index contributed by atoms with van der Waals surface area (Å²) in [5, 5.41) is 15.9. The van der Waals surface area contributed by atoms with Gasteiger partial charge in [-0.2, -0.15) is 5.10 Å². The third-order valence-corrected chi connectivity index (χ3v) is 5.05. The van der Waals surface area contributed by atoms with E-state index in [0.717, 1.165) is 0 Å². The van der Waals surface area contributed by atoms with Crippen molar-refractivity contribution in [2.24, 2.45) is 5.92 Å². The van der Waals surface area contributed by atoms with Crippen LogP contribution >= 0.6 is 0 Å². The van der Waals surface area contributed by atoms with E-state index in [9.17, 15) is 14.4 Å². The minimum absolute atomic E-state index is 0.140. The number of nitrogens with one attached hydrogen (secondary N) is 1. The van der Waals surface area contributed by atoms with Crippen LogP contribution in [-0.4, -0.2) is 55.5 Å². The lowest BCUT2D eigenvalue weighted by Crippen LogP contribution is -2.40. The number of rotatable bonds is 4. The van der Waals surface area contributed by atoms with Crippen LogP contribution in [0.15, 0.2) is 48.9 Å². The number of piperidine rings is 1. The number of hydrogen-bond donors (Lipinski definition) is 2. The predicted octanol–water partition coefficient (Wildman–Crippen LogP) is 1.92.